The van der Waals surface area contributed by atoms with E-state index in [0.29, 0.717) is 31.7 Å². The Morgan fingerprint density at radius 3 is 3.00 bits per heavy atom. The van der Waals surface area contributed by atoms with E-state index in [1.807, 2.05) is 11.0 Å². The Hall–Kier alpha value is -1.67. The van der Waals surface area contributed by atoms with Crippen LogP contribution in [0.25, 0.3) is 0 Å². The number of carbonyl (C=O) groups excluding carboxylic acids is 1. The Kier molecular flexibility index (Phi) is 6.35. The predicted molar refractivity (Wildman–Crippen MR) is 87.0 cm³/mol. The van der Waals surface area contributed by atoms with Crippen molar-refractivity contribution in [3.05, 3.63) is 24.5 Å². The van der Waals surface area contributed by atoms with Crippen molar-refractivity contribution in [1.82, 2.24) is 15.2 Å². The van der Waals surface area contributed by atoms with E-state index in [1.165, 1.54) is 0 Å². The molecule has 1 aromatic heterocycles. The van der Waals surface area contributed by atoms with E-state index in [1.54, 1.807) is 25.5 Å². The van der Waals surface area contributed by atoms with Gasteiger partial charge in [-0.2, -0.15) is 0 Å². The third-order valence-electron chi connectivity index (χ3n) is 3.77. The zero-order valence-electron chi connectivity index (χ0n) is 13.3. The van der Waals surface area contributed by atoms with Crippen LogP contribution >= 0.6 is 0 Å². The topological polar surface area (TPSA) is 88.6 Å². The Bertz CT molecular complexity index is 606. The second-order valence-electron chi connectivity index (χ2n) is 5.71. The first-order chi connectivity index (χ1) is 11.0. The molecule has 1 aliphatic rings. The molecule has 128 valence electrons. The lowest BCUT2D eigenvalue weighted by molar-refractivity contribution is -0.122. The Morgan fingerprint density at radius 2 is 2.35 bits per heavy atom. The average Bonchev–Trinajstić information content (AvgIpc) is 2.88. The lowest BCUT2D eigenvalue weighted by Gasteiger charge is -2.22. The second kappa shape index (κ2) is 8.26. The summed E-state index contributed by atoms with van der Waals surface area (Å²) in [5.41, 5.74) is 0. The monoisotopic (exact) mass is 341 g/mol. The highest BCUT2D eigenvalue weighted by molar-refractivity contribution is 7.91. The Balaban J connectivity index is 1.58. The molecule has 1 aliphatic heterocycles. The highest BCUT2D eigenvalue weighted by Crippen LogP contribution is 2.15. The first-order valence-electron chi connectivity index (χ1n) is 7.66. The van der Waals surface area contributed by atoms with Gasteiger partial charge < -0.3 is 10.1 Å². The molecule has 1 fully saturated rings. The van der Waals surface area contributed by atoms with E-state index in [4.69, 9.17) is 4.74 Å². The number of pyridine rings is 1. The van der Waals surface area contributed by atoms with Crippen molar-refractivity contribution >= 4 is 15.7 Å². The summed E-state index contributed by atoms with van der Waals surface area (Å²) >= 11 is 0. The summed E-state index contributed by atoms with van der Waals surface area (Å²) in [5.74, 6) is 0.976. The molecule has 0 aliphatic carbocycles. The summed E-state index contributed by atoms with van der Waals surface area (Å²) in [6, 6.07) is 3.58. The third kappa shape index (κ3) is 6.15. The van der Waals surface area contributed by atoms with Gasteiger partial charge in [0.05, 0.1) is 30.9 Å². The van der Waals surface area contributed by atoms with E-state index < -0.39 is 9.84 Å². The number of nitrogens with one attached hydrogen (secondary N) is 1. The third-order valence-corrected chi connectivity index (χ3v) is 5.52. The van der Waals surface area contributed by atoms with Crippen LogP contribution in [-0.4, -0.2) is 68.5 Å². The molecule has 0 saturated carbocycles. The molecule has 1 N–H and O–H groups in total. The van der Waals surface area contributed by atoms with Gasteiger partial charge in [-0.05, 0) is 32.0 Å². The van der Waals surface area contributed by atoms with Crippen molar-refractivity contribution in [2.45, 2.75) is 18.9 Å². The van der Waals surface area contributed by atoms with Crippen LogP contribution in [0.2, 0.25) is 0 Å². The van der Waals surface area contributed by atoms with Crippen LogP contribution in [0.5, 0.6) is 5.75 Å². The molecule has 0 radical (unpaired) electrons. The molecule has 2 rings (SSSR count). The molecule has 0 unspecified atom stereocenters. The van der Waals surface area contributed by atoms with E-state index in [9.17, 15) is 13.2 Å². The molecule has 1 atom stereocenters. The number of amides is 1. The van der Waals surface area contributed by atoms with Gasteiger partial charge in [-0.3, -0.25) is 14.7 Å². The van der Waals surface area contributed by atoms with Crippen LogP contribution < -0.4 is 10.1 Å². The highest BCUT2D eigenvalue weighted by atomic mass is 32.2. The molecule has 8 heteroatoms. The normalized spacial score (nSPS) is 19.7. The summed E-state index contributed by atoms with van der Waals surface area (Å²) in [6.45, 7) is 1.24. The molecule has 0 aromatic carbocycles. The minimum Gasteiger partial charge on any atom is -0.492 e. The largest absolute Gasteiger partial charge is 0.492 e. The second-order valence-corrected chi connectivity index (χ2v) is 7.94. The zero-order chi connectivity index (χ0) is 16.7. The zero-order valence-corrected chi connectivity index (χ0v) is 14.1. The number of hydrogen-bond acceptors (Lipinski definition) is 6. The van der Waals surface area contributed by atoms with Crippen LogP contribution in [0.15, 0.2) is 24.5 Å². The van der Waals surface area contributed by atoms with Crippen LogP contribution in [0.4, 0.5) is 0 Å². The quantitative estimate of drug-likeness (QED) is 0.674. The number of aromatic nitrogens is 1. The SMILES string of the molecule is CN(CC(=O)NCCCOc1cccnc1)[C@H]1CCS(=O)(=O)C1. The number of carbonyl (C=O) groups is 1. The van der Waals surface area contributed by atoms with Gasteiger partial charge in [0.1, 0.15) is 5.75 Å². The summed E-state index contributed by atoms with van der Waals surface area (Å²) < 4.78 is 28.4. The average molecular weight is 341 g/mol. The van der Waals surface area contributed by atoms with Crippen molar-refractivity contribution in [1.29, 1.82) is 0 Å². The molecule has 1 saturated heterocycles. The van der Waals surface area contributed by atoms with Gasteiger partial charge >= 0.3 is 0 Å². The van der Waals surface area contributed by atoms with E-state index in [2.05, 4.69) is 10.3 Å². The molecule has 7 nitrogen and oxygen atoms in total. The number of sulfone groups is 1. The number of ether oxygens (including phenoxy) is 1. The van der Waals surface area contributed by atoms with Crippen LogP contribution in [-0.2, 0) is 14.6 Å². The molecule has 0 bridgehead atoms. The molecular weight excluding hydrogens is 318 g/mol. The highest BCUT2D eigenvalue weighted by Gasteiger charge is 2.31. The number of nitrogens with zero attached hydrogens (tertiary/aromatic N) is 2. The molecule has 0 spiro atoms. The first kappa shape index (κ1) is 17.7. The predicted octanol–water partition coefficient (Wildman–Crippen LogP) is 0.0856. The number of hydrogen-bond donors (Lipinski definition) is 1. The summed E-state index contributed by atoms with van der Waals surface area (Å²) in [7, 11) is -1.13. The minimum absolute atomic E-state index is 0.0559. The standard InChI is InChI=1S/C15H23N3O4S/c1-18(13-5-9-23(20,21)12-13)11-15(19)17-7-3-8-22-14-4-2-6-16-10-14/h2,4,6,10,13H,3,5,7-9,11-12H2,1H3,(H,17,19)/t13-/m0/s1. The van der Waals surface area contributed by atoms with Crippen LogP contribution in [0.3, 0.4) is 0 Å². The van der Waals surface area contributed by atoms with Crippen molar-refractivity contribution in [3.63, 3.8) is 0 Å². The lowest BCUT2D eigenvalue weighted by Crippen LogP contribution is -2.41. The maximum Gasteiger partial charge on any atom is 0.234 e. The van der Waals surface area contributed by atoms with Crippen LogP contribution in [0.1, 0.15) is 12.8 Å². The van der Waals surface area contributed by atoms with Crippen molar-refractivity contribution in [2.75, 3.05) is 38.2 Å². The number of rotatable bonds is 8. The Labute approximate surface area is 137 Å². The lowest BCUT2D eigenvalue weighted by atomic mass is 10.2. The van der Waals surface area contributed by atoms with E-state index in [0.717, 1.165) is 0 Å². The van der Waals surface area contributed by atoms with Gasteiger partial charge in [-0.1, -0.05) is 0 Å². The van der Waals surface area contributed by atoms with E-state index in [-0.39, 0.29) is 30.0 Å². The van der Waals surface area contributed by atoms with Gasteiger partial charge in [0.25, 0.3) is 0 Å². The summed E-state index contributed by atoms with van der Waals surface area (Å²) in [4.78, 5) is 17.6. The molecule has 1 aromatic rings. The summed E-state index contributed by atoms with van der Waals surface area (Å²) in [6.07, 6.45) is 4.62. The van der Waals surface area contributed by atoms with Crippen molar-refractivity contribution < 1.29 is 17.9 Å². The van der Waals surface area contributed by atoms with Gasteiger partial charge in [0.2, 0.25) is 5.91 Å². The van der Waals surface area contributed by atoms with E-state index >= 15 is 0 Å². The fourth-order valence-corrected chi connectivity index (χ4v) is 4.26. The van der Waals surface area contributed by atoms with Gasteiger partial charge in [-0.15, -0.1) is 0 Å². The molecular formula is C15H23N3O4S. The fraction of sp³-hybridized carbons (Fsp3) is 0.600. The molecule has 23 heavy (non-hydrogen) atoms. The number of likely N-dealkylation sites (N-methyl/N-ethyl adjacent to an activating group) is 1. The minimum atomic E-state index is -2.92. The fourth-order valence-electron chi connectivity index (χ4n) is 2.46. The van der Waals surface area contributed by atoms with Crippen molar-refractivity contribution in [2.24, 2.45) is 0 Å². The molecule has 1 amide bonds. The Morgan fingerprint density at radius 1 is 1.52 bits per heavy atom. The van der Waals surface area contributed by atoms with Crippen molar-refractivity contribution in [3.8, 4) is 5.75 Å². The smallest absolute Gasteiger partial charge is 0.234 e. The van der Waals surface area contributed by atoms with Crippen LogP contribution in [0, 0.1) is 0 Å². The first-order valence-corrected chi connectivity index (χ1v) is 9.48. The van der Waals surface area contributed by atoms with Gasteiger partial charge in [-0.25, -0.2) is 8.42 Å². The van der Waals surface area contributed by atoms with Gasteiger partial charge in [0, 0.05) is 18.8 Å². The maximum absolute atomic E-state index is 11.9. The summed E-state index contributed by atoms with van der Waals surface area (Å²) in [5, 5.41) is 2.82. The molecule has 2 heterocycles. The maximum atomic E-state index is 11.9. The van der Waals surface area contributed by atoms with Gasteiger partial charge in [0.15, 0.2) is 9.84 Å².